The summed E-state index contributed by atoms with van der Waals surface area (Å²) in [7, 11) is -3.38. The van der Waals surface area contributed by atoms with E-state index in [9.17, 15) is 8.42 Å². The van der Waals surface area contributed by atoms with E-state index in [1.807, 2.05) is 32.0 Å². The van der Waals surface area contributed by atoms with Crippen molar-refractivity contribution >= 4 is 10.0 Å². The largest absolute Gasteiger partial charge is 0.352 e. The molecule has 1 aromatic rings. The third-order valence-electron chi connectivity index (χ3n) is 2.37. The summed E-state index contributed by atoms with van der Waals surface area (Å²) in [5.74, 6) is -0.0428. The summed E-state index contributed by atoms with van der Waals surface area (Å²) >= 11 is 0. The first-order valence-corrected chi connectivity index (χ1v) is 7.97. The van der Waals surface area contributed by atoms with Crippen LogP contribution < -0.4 is 4.72 Å². The molecular weight excluding hydrogens is 266 g/mol. The number of ether oxygens (including phenoxy) is 2. The molecule has 108 valence electrons. The van der Waals surface area contributed by atoms with Crippen molar-refractivity contribution in [3.8, 4) is 0 Å². The quantitative estimate of drug-likeness (QED) is 0.699. The second-order valence-electron chi connectivity index (χ2n) is 3.93. The van der Waals surface area contributed by atoms with Crippen molar-refractivity contribution in [2.75, 3.05) is 19.8 Å². The third-order valence-corrected chi connectivity index (χ3v) is 3.69. The molecule has 0 aliphatic heterocycles. The molecule has 0 amide bonds. The normalized spacial score (nSPS) is 11.9. The van der Waals surface area contributed by atoms with Crippen LogP contribution in [0.15, 0.2) is 30.3 Å². The van der Waals surface area contributed by atoms with Gasteiger partial charge in [-0.1, -0.05) is 30.3 Å². The molecule has 1 rings (SSSR count). The molecular formula is C13H21NO4S. The maximum atomic E-state index is 11.9. The molecule has 0 unspecified atom stereocenters. The summed E-state index contributed by atoms with van der Waals surface area (Å²) in [5, 5.41) is 0. The van der Waals surface area contributed by atoms with E-state index in [1.54, 1.807) is 12.1 Å². The maximum absolute atomic E-state index is 11.9. The summed E-state index contributed by atoms with van der Waals surface area (Å²) < 4.78 is 36.8. The number of benzene rings is 1. The van der Waals surface area contributed by atoms with E-state index in [0.29, 0.717) is 13.2 Å². The van der Waals surface area contributed by atoms with E-state index in [1.165, 1.54) is 0 Å². The Morgan fingerprint density at radius 1 is 1.11 bits per heavy atom. The molecule has 5 nitrogen and oxygen atoms in total. The standard InChI is InChI=1S/C13H21NO4S/c1-3-17-13(18-4-2)10-14-19(15,16)11-12-8-6-5-7-9-12/h5-9,13-14H,3-4,10-11H2,1-2H3. The minimum absolute atomic E-state index is 0.0428. The van der Waals surface area contributed by atoms with Gasteiger partial charge in [0.1, 0.15) is 0 Å². The minimum atomic E-state index is -3.38. The molecule has 0 saturated heterocycles. The first kappa shape index (κ1) is 16.1. The number of hydrogen-bond acceptors (Lipinski definition) is 4. The lowest BCUT2D eigenvalue weighted by Crippen LogP contribution is -2.36. The van der Waals surface area contributed by atoms with E-state index in [2.05, 4.69) is 4.72 Å². The van der Waals surface area contributed by atoms with Gasteiger partial charge >= 0.3 is 0 Å². The molecule has 0 saturated carbocycles. The number of hydrogen-bond donors (Lipinski definition) is 1. The van der Waals surface area contributed by atoms with E-state index in [0.717, 1.165) is 5.56 Å². The Hall–Kier alpha value is -0.950. The Morgan fingerprint density at radius 3 is 2.21 bits per heavy atom. The lowest BCUT2D eigenvalue weighted by Gasteiger charge is -2.17. The smallest absolute Gasteiger partial charge is 0.215 e. The van der Waals surface area contributed by atoms with Crippen LogP contribution in [0.1, 0.15) is 19.4 Å². The maximum Gasteiger partial charge on any atom is 0.215 e. The lowest BCUT2D eigenvalue weighted by atomic mass is 10.2. The van der Waals surface area contributed by atoms with Crippen LogP contribution in [0.5, 0.6) is 0 Å². The van der Waals surface area contributed by atoms with Crippen LogP contribution in [0.25, 0.3) is 0 Å². The number of sulfonamides is 1. The van der Waals surface area contributed by atoms with Crippen LogP contribution >= 0.6 is 0 Å². The van der Waals surface area contributed by atoms with Gasteiger partial charge in [0.25, 0.3) is 0 Å². The van der Waals surface area contributed by atoms with Gasteiger partial charge in [0, 0.05) is 13.2 Å². The zero-order valence-electron chi connectivity index (χ0n) is 11.3. The fourth-order valence-electron chi connectivity index (χ4n) is 1.58. The zero-order chi connectivity index (χ0) is 14.1. The molecule has 1 aromatic carbocycles. The summed E-state index contributed by atoms with van der Waals surface area (Å²) in [5.41, 5.74) is 0.749. The average Bonchev–Trinajstić information content (AvgIpc) is 2.37. The first-order chi connectivity index (χ1) is 9.07. The highest BCUT2D eigenvalue weighted by molar-refractivity contribution is 7.88. The van der Waals surface area contributed by atoms with Crippen LogP contribution in [-0.2, 0) is 25.2 Å². The zero-order valence-corrected chi connectivity index (χ0v) is 12.2. The van der Waals surface area contributed by atoms with Gasteiger partial charge in [0.2, 0.25) is 10.0 Å². The van der Waals surface area contributed by atoms with E-state index in [4.69, 9.17) is 9.47 Å². The molecule has 1 N–H and O–H groups in total. The van der Waals surface area contributed by atoms with Crippen molar-refractivity contribution in [3.63, 3.8) is 0 Å². The Balaban J connectivity index is 2.50. The number of rotatable bonds is 9. The SMILES string of the molecule is CCOC(CNS(=O)(=O)Cc1ccccc1)OCC. The predicted octanol–water partition coefficient (Wildman–Crippen LogP) is 1.51. The van der Waals surface area contributed by atoms with Crippen molar-refractivity contribution in [1.82, 2.24) is 4.72 Å². The van der Waals surface area contributed by atoms with Crippen LogP contribution in [-0.4, -0.2) is 34.5 Å². The second kappa shape index (κ2) is 8.27. The van der Waals surface area contributed by atoms with Crippen molar-refractivity contribution in [2.24, 2.45) is 0 Å². The minimum Gasteiger partial charge on any atom is -0.352 e. The summed E-state index contributed by atoms with van der Waals surface area (Å²) in [6.45, 7) is 4.75. The molecule has 0 radical (unpaired) electrons. The molecule has 0 aliphatic carbocycles. The Labute approximate surface area is 115 Å². The highest BCUT2D eigenvalue weighted by Crippen LogP contribution is 2.04. The van der Waals surface area contributed by atoms with Crippen molar-refractivity contribution in [3.05, 3.63) is 35.9 Å². The van der Waals surface area contributed by atoms with Crippen molar-refractivity contribution in [1.29, 1.82) is 0 Å². The van der Waals surface area contributed by atoms with Crippen LogP contribution in [0, 0.1) is 0 Å². The fraction of sp³-hybridized carbons (Fsp3) is 0.538. The van der Waals surface area contributed by atoms with Crippen LogP contribution in [0.2, 0.25) is 0 Å². The Bertz CT molecular complexity index is 441. The molecule has 0 atom stereocenters. The molecule has 6 heteroatoms. The van der Waals surface area contributed by atoms with Gasteiger partial charge in [0.15, 0.2) is 6.29 Å². The van der Waals surface area contributed by atoms with Gasteiger partial charge in [-0.3, -0.25) is 0 Å². The van der Waals surface area contributed by atoms with E-state index >= 15 is 0 Å². The average molecular weight is 287 g/mol. The first-order valence-electron chi connectivity index (χ1n) is 6.32. The van der Waals surface area contributed by atoms with E-state index < -0.39 is 16.3 Å². The third kappa shape index (κ3) is 6.68. The molecule has 0 bridgehead atoms. The van der Waals surface area contributed by atoms with Gasteiger partial charge in [-0.2, -0.15) is 0 Å². The molecule has 0 spiro atoms. The second-order valence-corrected chi connectivity index (χ2v) is 5.74. The molecule has 0 aliphatic rings. The highest BCUT2D eigenvalue weighted by atomic mass is 32.2. The summed E-state index contributed by atoms with van der Waals surface area (Å²) in [6.07, 6.45) is -0.541. The van der Waals surface area contributed by atoms with Gasteiger partial charge in [-0.15, -0.1) is 0 Å². The van der Waals surface area contributed by atoms with Gasteiger partial charge < -0.3 is 9.47 Å². The summed E-state index contributed by atoms with van der Waals surface area (Å²) in [6, 6.07) is 9.04. The van der Waals surface area contributed by atoms with Crippen molar-refractivity contribution < 1.29 is 17.9 Å². The Kier molecular flexibility index (Phi) is 7.01. The van der Waals surface area contributed by atoms with Gasteiger partial charge in [0.05, 0.1) is 12.3 Å². The van der Waals surface area contributed by atoms with Gasteiger partial charge in [-0.25, -0.2) is 13.1 Å². The Morgan fingerprint density at radius 2 is 1.68 bits per heavy atom. The highest BCUT2D eigenvalue weighted by Gasteiger charge is 2.15. The molecule has 19 heavy (non-hydrogen) atoms. The lowest BCUT2D eigenvalue weighted by molar-refractivity contribution is -0.130. The summed E-state index contributed by atoms with van der Waals surface area (Å²) in [4.78, 5) is 0. The van der Waals surface area contributed by atoms with Gasteiger partial charge in [-0.05, 0) is 19.4 Å². The van der Waals surface area contributed by atoms with Crippen LogP contribution in [0.4, 0.5) is 0 Å². The topological polar surface area (TPSA) is 64.6 Å². The molecule has 0 aromatic heterocycles. The van der Waals surface area contributed by atoms with Crippen LogP contribution in [0.3, 0.4) is 0 Å². The monoisotopic (exact) mass is 287 g/mol. The fourth-order valence-corrected chi connectivity index (χ4v) is 2.70. The predicted molar refractivity (Wildman–Crippen MR) is 74.1 cm³/mol. The molecule has 0 heterocycles. The van der Waals surface area contributed by atoms with E-state index in [-0.39, 0.29) is 12.3 Å². The van der Waals surface area contributed by atoms with Crippen molar-refractivity contribution in [2.45, 2.75) is 25.9 Å². The number of nitrogens with one attached hydrogen (secondary N) is 1. The molecule has 0 fully saturated rings.